The molecular formula is C35H29N3O3S. The SMILES string of the molecule is COc1cccc(NC(=O)c2ccccc2-c2csc(NC(=O)C3(C)CC4c5ccccc5C3c3ccccc34)n2)c1. The first-order valence-corrected chi connectivity index (χ1v) is 14.8. The summed E-state index contributed by atoms with van der Waals surface area (Å²) in [6.07, 6.45) is 0.739. The fourth-order valence-corrected chi connectivity index (χ4v) is 7.39. The Morgan fingerprint density at radius 2 is 1.52 bits per heavy atom. The second-order valence-corrected chi connectivity index (χ2v) is 11.9. The third-order valence-electron chi connectivity index (χ3n) is 8.65. The number of carbonyl (C=O) groups is 2. The van der Waals surface area contributed by atoms with E-state index in [9.17, 15) is 9.59 Å². The minimum absolute atomic E-state index is 0.0321. The van der Waals surface area contributed by atoms with Crippen LogP contribution in [0.25, 0.3) is 11.3 Å². The van der Waals surface area contributed by atoms with E-state index in [0.29, 0.717) is 33.4 Å². The van der Waals surface area contributed by atoms with Gasteiger partial charge in [-0.3, -0.25) is 9.59 Å². The molecule has 0 saturated carbocycles. The maximum Gasteiger partial charge on any atom is 0.256 e. The molecular weight excluding hydrogens is 542 g/mol. The van der Waals surface area contributed by atoms with Crippen LogP contribution in [0.5, 0.6) is 5.75 Å². The number of amides is 2. The fourth-order valence-electron chi connectivity index (χ4n) is 6.69. The van der Waals surface area contributed by atoms with Crippen molar-refractivity contribution >= 4 is 34.0 Å². The Morgan fingerprint density at radius 3 is 2.24 bits per heavy atom. The van der Waals surface area contributed by atoms with E-state index in [1.807, 2.05) is 41.8 Å². The average Bonchev–Trinajstić information content (AvgIpc) is 3.49. The van der Waals surface area contributed by atoms with Gasteiger partial charge < -0.3 is 15.4 Å². The Kier molecular flexibility index (Phi) is 6.39. The number of benzene rings is 4. The van der Waals surface area contributed by atoms with Crippen molar-refractivity contribution in [2.24, 2.45) is 5.41 Å². The molecule has 4 aromatic carbocycles. The fraction of sp³-hybridized carbons (Fsp3) is 0.171. The van der Waals surface area contributed by atoms with Gasteiger partial charge in [0.1, 0.15) is 5.75 Å². The number of carbonyl (C=O) groups excluding carboxylic acids is 2. The molecule has 42 heavy (non-hydrogen) atoms. The Balaban J connectivity index is 1.15. The number of methoxy groups -OCH3 is 1. The number of hydrogen-bond acceptors (Lipinski definition) is 5. The number of nitrogens with one attached hydrogen (secondary N) is 2. The molecule has 1 aromatic heterocycles. The molecule has 0 spiro atoms. The van der Waals surface area contributed by atoms with Gasteiger partial charge in [0.25, 0.3) is 5.91 Å². The molecule has 6 nitrogen and oxygen atoms in total. The summed E-state index contributed by atoms with van der Waals surface area (Å²) in [5, 5.41) is 8.49. The van der Waals surface area contributed by atoms with Gasteiger partial charge in [-0.05, 0) is 53.8 Å². The van der Waals surface area contributed by atoms with Gasteiger partial charge in [-0.2, -0.15) is 0 Å². The molecule has 0 fully saturated rings. The topological polar surface area (TPSA) is 80.3 Å². The first kappa shape index (κ1) is 26.2. The number of rotatable bonds is 6. The number of aromatic nitrogens is 1. The van der Waals surface area contributed by atoms with E-state index < -0.39 is 5.41 Å². The molecule has 208 valence electrons. The molecule has 8 rings (SSSR count). The number of nitrogens with zero attached hydrogens (tertiary/aromatic N) is 1. The third-order valence-corrected chi connectivity index (χ3v) is 9.41. The van der Waals surface area contributed by atoms with Crippen LogP contribution in [0, 0.1) is 5.41 Å². The van der Waals surface area contributed by atoms with E-state index in [1.165, 1.54) is 33.6 Å². The summed E-state index contributed by atoms with van der Waals surface area (Å²) in [5.74, 6) is 0.523. The largest absolute Gasteiger partial charge is 0.497 e. The zero-order chi connectivity index (χ0) is 28.8. The van der Waals surface area contributed by atoms with Crippen LogP contribution in [-0.4, -0.2) is 23.9 Å². The molecule has 0 aliphatic heterocycles. The van der Waals surface area contributed by atoms with Crippen molar-refractivity contribution in [1.29, 1.82) is 0 Å². The number of fused-ring (bicyclic) bond motifs is 1. The van der Waals surface area contributed by atoms with E-state index in [1.54, 1.807) is 19.2 Å². The van der Waals surface area contributed by atoms with E-state index in [-0.39, 0.29) is 23.7 Å². The zero-order valence-electron chi connectivity index (χ0n) is 23.3. The summed E-state index contributed by atoms with van der Waals surface area (Å²) < 4.78 is 5.28. The molecule has 3 aliphatic rings. The van der Waals surface area contributed by atoms with Crippen molar-refractivity contribution in [2.75, 3.05) is 17.7 Å². The first-order valence-electron chi connectivity index (χ1n) is 14.0. The predicted octanol–water partition coefficient (Wildman–Crippen LogP) is 7.70. The maximum absolute atomic E-state index is 14.1. The Hall–Kier alpha value is -4.75. The molecule has 7 heteroatoms. The first-order chi connectivity index (χ1) is 20.5. The van der Waals surface area contributed by atoms with Crippen molar-refractivity contribution in [1.82, 2.24) is 4.98 Å². The second-order valence-electron chi connectivity index (χ2n) is 11.1. The van der Waals surface area contributed by atoms with Crippen LogP contribution >= 0.6 is 11.3 Å². The summed E-state index contributed by atoms with van der Waals surface area (Å²) >= 11 is 1.36. The van der Waals surface area contributed by atoms with E-state index >= 15 is 0 Å². The summed E-state index contributed by atoms with van der Waals surface area (Å²) in [5.41, 5.74) is 6.96. The highest BCUT2D eigenvalue weighted by molar-refractivity contribution is 7.14. The molecule has 3 aliphatic carbocycles. The zero-order valence-corrected chi connectivity index (χ0v) is 24.1. The minimum Gasteiger partial charge on any atom is -0.497 e. The summed E-state index contributed by atoms with van der Waals surface area (Å²) in [6, 6.07) is 31.6. The van der Waals surface area contributed by atoms with Crippen molar-refractivity contribution in [3.8, 4) is 17.0 Å². The van der Waals surface area contributed by atoms with E-state index in [0.717, 1.165) is 6.42 Å². The molecule has 0 saturated heterocycles. The van der Waals surface area contributed by atoms with Crippen molar-refractivity contribution in [2.45, 2.75) is 25.2 Å². The molecule has 2 bridgehead atoms. The number of thiazole rings is 1. The Bertz CT molecular complexity index is 1800. The predicted molar refractivity (Wildman–Crippen MR) is 166 cm³/mol. The minimum atomic E-state index is -0.631. The van der Waals surface area contributed by atoms with Crippen LogP contribution in [0.1, 0.15) is 57.8 Å². The number of ether oxygens (including phenoxy) is 1. The lowest BCUT2D eigenvalue weighted by atomic mass is 9.52. The van der Waals surface area contributed by atoms with Crippen LogP contribution in [0.2, 0.25) is 0 Å². The molecule has 1 heterocycles. The van der Waals surface area contributed by atoms with Crippen molar-refractivity contribution in [3.63, 3.8) is 0 Å². The molecule has 1 atom stereocenters. The van der Waals surface area contributed by atoms with Crippen LogP contribution in [0.4, 0.5) is 10.8 Å². The quantitative estimate of drug-likeness (QED) is 0.219. The van der Waals surface area contributed by atoms with Gasteiger partial charge in [-0.1, -0.05) is 72.8 Å². The van der Waals surface area contributed by atoms with Gasteiger partial charge >= 0.3 is 0 Å². The summed E-state index contributed by atoms with van der Waals surface area (Å²) in [4.78, 5) is 32.1. The molecule has 1 unspecified atom stereocenters. The summed E-state index contributed by atoms with van der Waals surface area (Å²) in [6.45, 7) is 2.08. The normalized spacial score (nSPS) is 19.9. The van der Waals surface area contributed by atoms with Crippen LogP contribution < -0.4 is 15.4 Å². The van der Waals surface area contributed by atoms with Gasteiger partial charge in [0.05, 0.1) is 18.2 Å². The van der Waals surface area contributed by atoms with Crippen LogP contribution in [0.3, 0.4) is 0 Å². The number of hydrogen-bond donors (Lipinski definition) is 2. The lowest BCUT2D eigenvalue weighted by Gasteiger charge is -2.50. The molecule has 2 amide bonds. The monoisotopic (exact) mass is 571 g/mol. The maximum atomic E-state index is 14.1. The lowest BCUT2D eigenvalue weighted by Crippen LogP contribution is -2.47. The molecule has 5 aromatic rings. The molecule has 2 N–H and O–H groups in total. The van der Waals surface area contributed by atoms with Crippen LogP contribution in [-0.2, 0) is 4.79 Å². The van der Waals surface area contributed by atoms with Gasteiger partial charge in [-0.25, -0.2) is 4.98 Å². The summed E-state index contributed by atoms with van der Waals surface area (Å²) in [7, 11) is 1.59. The van der Waals surface area contributed by atoms with Crippen LogP contribution in [0.15, 0.2) is 102 Å². The number of anilines is 2. The second kappa shape index (κ2) is 10.3. The highest BCUT2D eigenvalue weighted by Gasteiger charge is 2.54. The van der Waals surface area contributed by atoms with Gasteiger partial charge in [0, 0.05) is 40.1 Å². The smallest absolute Gasteiger partial charge is 0.256 e. The highest BCUT2D eigenvalue weighted by Crippen LogP contribution is 2.61. The van der Waals surface area contributed by atoms with Crippen molar-refractivity contribution < 1.29 is 14.3 Å². The van der Waals surface area contributed by atoms with Crippen molar-refractivity contribution in [3.05, 3.63) is 130 Å². The third kappa shape index (κ3) is 4.28. The van der Waals surface area contributed by atoms with Gasteiger partial charge in [0.2, 0.25) is 5.91 Å². The highest BCUT2D eigenvalue weighted by atomic mass is 32.1. The lowest BCUT2D eigenvalue weighted by molar-refractivity contribution is -0.126. The Morgan fingerprint density at radius 1 is 0.857 bits per heavy atom. The molecule has 0 radical (unpaired) electrons. The van der Waals surface area contributed by atoms with Gasteiger partial charge in [-0.15, -0.1) is 11.3 Å². The van der Waals surface area contributed by atoms with E-state index in [4.69, 9.17) is 9.72 Å². The standard InChI is InChI=1S/C35H29N3O3S/c1-35(19-29-23-12-3-6-15-26(23)31(35)27-16-7-4-13-24(27)29)33(40)38-34-37-30(20-42-34)25-14-5-8-17-28(25)32(39)36-21-10-9-11-22(18-21)41-2/h3-18,20,29,31H,19H2,1-2H3,(H,36,39)(H,37,38,40). The van der Waals surface area contributed by atoms with Gasteiger partial charge in [0.15, 0.2) is 5.13 Å². The Labute approximate surface area is 248 Å². The van der Waals surface area contributed by atoms with E-state index in [2.05, 4.69) is 66.1 Å². The average molecular weight is 572 g/mol.